The Hall–Kier alpha value is -2.40. The van der Waals surface area contributed by atoms with E-state index in [0.717, 1.165) is 6.07 Å². The number of hydrogen-bond acceptors (Lipinski definition) is 3. The van der Waals surface area contributed by atoms with Crippen molar-refractivity contribution in [2.75, 3.05) is 0 Å². The Morgan fingerprint density at radius 1 is 1.26 bits per heavy atom. The molecular weight excluding hydrogens is 249 g/mol. The molecule has 0 aliphatic heterocycles. The van der Waals surface area contributed by atoms with Crippen LogP contribution in [0.5, 0.6) is 11.5 Å². The molecule has 0 atom stereocenters. The fourth-order valence-corrected chi connectivity index (χ4v) is 1.66. The third-order valence-corrected chi connectivity index (χ3v) is 2.53. The van der Waals surface area contributed by atoms with Gasteiger partial charge in [-0.05, 0) is 29.8 Å². The van der Waals surface area contributed by atoms with Crippen LogP contribution in [0.4, 0.5) is 4.39 Å². The van der Waals surface area contributed by atoms with Crippen LogP contribution in [0.3, 0.4) is 0 Å². The van der Waals surface area contributed by atoms with Crippen molar-refractivity contribution in [1.82, 2.24) is 0 Å². The first kappa shape index (κ1) is 13.0. The van der Waals surface area contributed by atoms with E-state index in [1.807, 2.05) is 0 Å². The topological polar surface area (TPSA) is 72.6 Å². The highest BCUT2D eigenvalue weighted by atomic mass is 19.1. The van der Waals surface area contributed by atoms with Crippen LogP contribution in [0.15, 0.2) is 42.5 Å². The van der Waals surface area contributed by atoms with Gasteiger partial charge in [0, 0.05) is 0 Å². The van der Waals surface area contributed by atoms with E-state index in [9.17, 15) is 9.18 Å². The van der Waals surface area contributed by atoms with E-state index in [-0.39, 0.29) is 17.9 Å². The van der Waals surface area contributed by atoms with Crippen molar-refractivity contribution >= 4 is 5.91 Å². The molecule has 0 spiro atoms. The molecule has 0 aliphatic rings. The summed E-state index contributed by atoms with van der Waals surface area (Å²) in [5, 5.41) is 9.03. The first-order valence-corrected chi connectivity index (χ1v) is 5.58. The lowest BCUT2D eigenvalue weighted by Crippen LogP contribution is -2.14. The number of hydrogen-bond donors (Lipinski definition) is 2. The molecule has 0 aromatic heterocycles. The van der Waals surface area contributed by atoms with E-state index in [0.29, 0.717) is 11.3 Å². The minimum absolute atomic E-state index is 0.0441. The van der Waals surface area contributed by atoms with Gasteiger partial charge in [0.2, 0.25) is 0 Å². The summed E-state index contributed by atoms with van der Waals surface area (Å²) in [7, 11) is 0. The van der Waals surface area contributed by atoms with Crippen molar-refractivity contribution < 1.29 is 19.0 Å². The second kappa shape index (κ2) is 5.49. The zero-order valence-electron chi connectivity index (χ0n) is 9.97. The van der Waals surface area contributed by atoms with E-state index >= 15 is 0 Å². The number of carbonyl (C=O) groups excluding carboxylic acids is 1. The van der Waals surface area contributed by atoms with Crippen molar-refractivity contribution in [2.24, 2.45) is 5.73 Å². The standard InChI is InChI=1S/C14H12FNO3/c15-11-5-2-6-12(13(11)14(16)18)19-10-4-1-3-9(7-10)8-17/h1-7,17H,8H2,(H2,16,18). The number of nitrogens with two attached hydrogens (primary N) is 1. The maximum atomic E-state index is 13.5. The molecule has 5 heteroatoms. The molecule has 4 nitrogen and oxygen atoms in total. The number of aliphatic hydroxyl groups is 1. The summed E-state index contributed by atoms with van der Waals surface area (Å²) < 4.78 is 19.0. The Morgan fingerprint density at radius 3 is 2.68 bits per heavy atom. The Kier molecular flexibility index (Phi) is 3.77. The van der Waals surface area contributed by atoms with Crippen molar-refractivity contribution in [3.63, 3.8) is 0 Å². The predicted octanol–water partition coefficient (Wildman–Crippen LogP) is 2.21. The molecular formula is C14H12FNO3. The fourth-order valence-electron chi connectivity index (χ4n) is 1.66. The van der Waals surface area contributed by atoms with Crippen LogP contribution in [0.1, 0.15) is 15.9 Å². The SMILES string of the molecule is NC(=O)c1c(F)cccc1Oc1cccc(CO)c1. The zero-order chi connectivity index (χ0) is 13.8. The fraction of sp³-hybridized carbons (Fsp3) is 0.0714. The highest BCUT2D eigenvalue weighted by molar-refractivity contribution is 5.96. The monoisotopic (exact) mass is 261 g/mol. The van der Waals surface area contributed by atoms with E-state index < -0.39 is 11.7 Å². The van der Waals surface area contributed by atoms with Gasteiger partial charge in [-0.25, -0.2) is 4.39 Å². The summed E-state index contributed by atoms with van der Waals surface area (Å²) in [6, 6.07) is 10.6. The van der Waals surface area contributed by atoms with E-state index in [1.165, 1.54) is 12.1 Å². The minimum atomic E-state index is -0.897. The van der Waals surface area contributed by atoms with Crippen LogP contribution >= 0.6 is 0 Å². The summed E-state index contributed by atoms with van der Waals surface area (Å²) in [4.78, 5) is 11.2. The Labute approximate surface area is 109 Å². The number of carbonyl (C=O) groups is 1. The van der Waals surface area contributed by atoms with Gasteiger partial charge < -0.3 is 15.6 Å². The average Bonchev–Trinajstić information content (AvgIpc) is 2.38. The maximum Gasteiger partial charge on any atom is 0.255 e. The molecule has 2 aromatic rings. The van der Waals surface area contributed by atoms with E-state index in [2.05, 4.69) is 0 Å². The lowest BCUT2D eigenvalue weighted by atomic mass is 10.1. The smallest absolute Gasteiger partial charge is 0.255 e. The highest BCUT2D eigenvalue weighted by Gasteiger charge is 2.15. The normalized spacial score (nSPS) is 10.2. The maximum absolute atomic E-state index is 13.5. The van der Waals surface area contributed by atoms with Crippen LogP contribution in [0.25, 0.3) is 0 Å². The number of halogens is 1. The number of aliphatic hydroxyl groups excluding tert-OH is 1. The van der Waals surface area contributed by atoms with Gasteiger partial charge in [-0.3, -0.25) is 4.79 Å². The molecule has 19 heavy (non-hydrogen) atoms. The first-order chi connectivity index (χ1) is 9.11. The molecule has 0 fully saturated rings. The van der Waals surface area contributed by atoms with Gasteiger partial charge in [0.1, 0.15) is 22.9 Å². The molecule has 3 N–H and O–H groups in total. The Bertz CT molecular complexity index is 613. The number of benzene rings is 2. The van der Waals surface area contributed by atoms with Crippen LogP contribution in [0.2, 0.25) is 0 Å². The van der Waals surface area contributed by atoms with Gasteiger partial charge in [-0.1, -0.05) is 18.2 Å². The van der Waals surface area contributed by atoms with Crippen LogP contribution < -0.4 is 10.5 Å². The summed E-state index contributed by atoms with van der Waals surface area (Å²) in [5.41, 5.74) is 5.48. The molecule has 0 heterocycles. The third kappa shape index (κ3) is 2.89. The summed E-state index contributed by atoms with van der Waals surface area (Å²) in [5.74, 6) is -1.20. The second-order valence-electron chi connectivity index (χ2n) is 3.88. The van der Waals surface area contributed by atoms with Crippen LogP contribution in [-0.4, -0.2) is 11.0 Å². The number of ether oxygens (including phenoxy) is 1. The molecule has 2 rings (SSSR count). The Morgan fingerprint density at radius 2 is 2.00 bits per heavy atom. The third-order valence-electron chi connectivity index (χ3n) is 2.53. The molecule has 0 saturated carbocycles. The Balaban J connectivity index is 2.38. The lowest BCUT2D eigenvalue weighted by Gasteiger charge is -2.10. The molecule has 98 valence electrons. The van der Waals surface area contributed by atoms with Crippen LogP contribution in [-0.2, 0) is 6.61 Å². The summed E-state index contributed by atoms with van der Waals surface area (Å²) in [6.07, 6.45) is 0. The zero-order valence-corrected chi connectivity index (χ0v) is 9.97. The van der Waals surface area contributed by atoms with Gasteiger partial charge in [-0.2, -0.15) is 0 Å². The molecule has 0 radical (unpaired) electrons. The summed E-state index contributed by atoms with van der Waals surface area (Å²) in [6.45, 7) is -0.136. The lowest BCUT2D eigenvalue weighted by molar-refractivity contribution is 0.0994. The van der Waals surface area contributed by atoms with Crippen LogP contribution in [0, 0.1) is 5.82 Å². The molecule has 0 aliphatic carbocycles. The second-order valence-corrected chi connectivity index (χ2v) is 3.88. The van der Waals surface area contributed by atoms with Crippen molar-refractivity contribution in [2.45, 2.75) is 6.61 Å². The number of primary amides is 1. The quantitative estimate of drug-likeness (QED) is 0.886. The molecule has 2 aromatic carbocycles. The largest absolute Gasteiger partial charge is 0.456 e. The predicted molar refractivity (Wildman–Crippen MR) is 67.4 cm³/mol. The molecule has 0 unspecified atom stereocenters. The highest BCUT2D eigenvalue weighted by Crippen LogP contribution is 2.27. The van der Waals surface area contributed by atoms with Gasteiger partial charge in [0.25, 0.3) is 5.91 Å². The molecule has 1 amide bonds. The number of rotatable bonds is 4. The van der Waals surface area contributed by atoms with Crippen molar-refractivity contribution in [3.05, 3.63) is 59.4 Å². The van der Waals surface area contributed by atoms with E-state index in [1.54, 1.807) is 24.3 Å². The minimum Gasteiger partial charge on any atom is -0.456 e. The summed E-state index contributed by atoms with van der Waals surface area (Å²) >= 11 is 0. The van der Waals surface area contributed by atoms with Crippen molar-refractivity contribution in [3.8, 4) is 11.5 Å². The first-order valence-electron chi connectivity index (χ1n) is 5.58. The molecule has 0 bridgehead atoms. The molecule has 0 saturated heterocycles. The van der Waals surface area contributed by atoms with Gasteiger partial charge >= 0.3 is 0 Å². The average molecular weight is 261 g/mol. The van der Waals surface area contributed by atoms with Gasteiger partial charge in [0.15, 0.2) is 0 Å². The van der Waals surface area contributed by atoms with E-state index in [4.69, 9.17) is 15.6 Å². The van der Waals surface area contributed by atoms with Gasteiger partial charge in [0.05, 0.1) is 6.61 Å². The van der Waals surface area contributed by atoms with Crippen molar-refractivity contribution in [1.29, 1.82) is 0 Å². The number of amides is 1. The van der Waals surface area contributed by atoms with Gasteiger partial charge in [-0.15, -0.1) is 0 Å².